The topological polar surface area (TPSA) is 9.23 Å². The minimum Gasteiger partial charge on any atom is -0.492 e. The zero-order valence-corrected chi connectivity index (χ0v) is 8.26. The van der Waals surface area contributed by atoms with Crippen molar-refractivity contribution in [1.29, 1.82) is 0 Å². The number of rotatable bonds is 4. The average Bonchev–Trinajstić information content (AvgIpc) is 2.98. The summed E-state index contributed by atoms with van der Waals surface area (Å²) in [6, 6.07) is 8.34. The van der Waals surface area contributed by atoms with Crippen LogP contribution in [0.5, 0.6) is 5.75 Å². The molecular formula is C11H13ClO. The standard InChI is InChI=1S/C11H13ClO/c12-6-7-13-11-3-1-2-10(8-11)9-4-5-9/h1-3,8-9H,4-7H2. The average molecular weight is 197 g/mol. The summed E-state index contributed by atoms with van der Waals surface area (Å²) >= 11 is 5.54. The number of hydrogen-bond donors (Lipinski definition) is 0. The molecule has 70 valence electrons. The van der Waals surface area contributed by atoms with Gasteiger partial charge in [0.1, 0.15) is 12.4 Å². The van der Waals surface area contributed by atoms with Crippen LogP contribution in [0.4, 0.5) is 0 Å². The highest BCUT2D eigenvalue weighted by molar-refractivity contribution is 6.17. The smallest absolute Gasteiger partial charge is 0.119 e. The summed E-state index contributed by atoms with van der Waals surface area (Å²) in [5.74, 6) is 2.29. The van der Waals surface area contributed by atoms with Crippen LogP contribution in [0.2, 0.25) is 0 Å². The van der Waals surface area contributed by atoms with Crippen molar-refractivity contribution in [2.45, 2.75) is 18.8 Å². The van der Waals surface area contributed by atoms with E-state index in [2.05, 4.69) is 18.2 Å². The van der Waals surface area contributed by atoms with E-state index < -0.39 is 0 Å². The minimum atomic E-state index is 0.549. The van der Waals surface area contributed by atoms with Crippen molar-refractivity contribution in [2.75, 3.05) is 12.5 Å². The van der Waals surface area contributed by atoms with E-state index in [4.69, 9.17) is 16.3 Å². The lowest BCUT2D eigenvalue weighted by molar-refractivity contribution is 0.342. The number of benzene rings is 1. The van der Waals surface area contributed by atoms with Crippen LogP contribution in [0.15, 0.2) is 24.3 Å². The summed E-state index contributed by atoms with van der Waals surface area (Å²) in [4.78, 5) is 0. The van der Waals surface area contributed by atoms with Crippen molar-refractivity contribution in [3.8, 4) is 5.75 Å². The number of hydrogen-bond acceptors (Lipinski definition) is 1. The Balaban J connectivity index is 2.03. The van der Waals surface area contributed by atoms with Gasteiger partial charge >= 0.3 is 0 Å². The van der Waals surface area contributed by atoms with Gasteiger partial charge in [0.2, 0.25) is 0 Å². The second-order valence-electron chi connectivity index (χ2n) is 3.38. The van der Waals surface area contributed by atoms with Gasteiger partial charge in [-0.25, -0.2) is 0 Å². The molecule has 2 heteroatoms. The SMILES string of the molecule is ClCCOc1cccc(C2CC2)c1. The fourth-order valence-electron chi connectivity index (χ4n) is 1.43. The Morgan fingerprint density at radius 3 is 2.92 bits per heavy atom. The Labute approximate surface area is 83.7 Å². The predicted molar refractivity (Wildman–Crippen MR) is 54.6 cm³/mol. The monoisotopic (exact) mass is 196 g/mol. The highest BCUT2D eigenvalue weighted by Gasteiger charge is 2.23. The second kappa shape index (κ2) is 4.01. The fourth-order valence-corrected chi connectivity index (χ4v) is 1.51. The molecule has 0 bridgehead atoms. The van der Waals surface area contributed by atoms with E-state index in [9.17, 15) is 0 Å². The van der Waals surface area contributed by atoms with Gasteiger partial charge in [-0.3, -0.25) is 0 Å². The van der Waals surface area contributed by atoms with E-state index in [-0.39, 0.29) is 0 Å². The van der Waals surface area contributed by atoms with Crippen LogP contribution < -0.4 is 4.74 Å². The molecule has 13 heavy (non-hydrogen) atoms. The molecule has 1 aliphatic carbocycles. The molecule has 1 saturated carbocycles. The summed E-state index contributed by atoms with van der Waals surface area (Å²) < 4.78 is 5.44. The van der Waals surface area contributed by atoms with Crippen molar-refractivity contribution in [3.63, 3.8) is 0 Å². The Hall–Kier alpha value is -0.690. The summed E-state index contributed by atoms with van der Waals surface area (Å²) in [7, 11) is 0. The molecule has 0 unspecified atom stereocenters. The van der Waals surface area contributed by atoms with Crippen LogP contribution in [0.25, 0.3) is 0 Å². The fraction of sp³-hybridized carbons (Fsp3) is 0.455. The van der Waals surface area contributed by atoms with E-state index >= 15 is 0 Å². The number of alkyl halides is 1. The Morgan fingerprint density at radius 2 is 2.23 bits per heavy atom. The van der Waals surface area contributed by atoms with Crippen molar-refractivity contribution < 1.29 is 4.74 Å². The van der Waals surface area contributed by atoms with E-state index in [0.29, 0.717) is 12.5 Å². The van der Waals surface area contributed by atoms with Crippen molar-refractivity contribution in [3.05, 3.63) is 29.8 Å². The van der Waals surface area contributed by atoms with Gasteiger partial charge < -0.3 is 4.74 Å². The largest absolute Gasteiger partial charge is 0.492 e. The molecule has 0 aliphatic heterocycles. The number of ether oxygens (including phenoxy) is 1. The molecule has 1 aromatic rings. The third-order valence-corrected chi connectivity index (χ3v) is 2.41. The van der Waals surface area contributed by atoms with Crippen LogP contribution in [0.3, 0.4) is 0 Å². The summed E-state index contributed by atoms with van der Waals surface area (Å²) in [6.07, 6.45) is 2.66. The lowest BCUT2D eigenvalue weighted by Gasteiger charge is -2.05. The quantitative estimate of drug-likeness (QED) is 0.673. The molecule has 1 fully saturated rings. The second-order valence-corrected chi connectivity index (χ2v) is 3.76. The molecule has 1 aliphatic rings. The molecule has 0 amide bonds. The van der Waals surface area contributed by atoms with E-state index in [1.165, 1.54) is 18.4 Å². The first-order valence-corrected chi connectivity index (χ1v) is 5.22. The molecular weight excluding hydrogens is 184 g/mol. The van der Waals surface area contributed by atoms with Crippen LogP contribution in [0, 0.1) is 0 Å². The van der Waals surface area contributed by atoms with Gasteiger partial charge in [0.15, 0.2) is 0 Å². The Kier molecular flexibility index (Phi) is 2.74. The molecule has 1 aromatic carbocycles. The zero-order chi connectivity index (χ0) is 9.10. The maximum atomic E-state index is 5.54. The molecule has 0 heterocycles. The normalized spacial score (nSPS) is 15.8. The molecule has 2 rings (SSSR count). The first-order chi connectivity index (χ1) is 6.40. The minimum absolute atomic E-state index is 0.549. The van der Waals surface area contributed by atoms with Gasteiger partial charge in [-0.05, 0) is 36.5 Å². The molecule has 1 nitrogen and oxygen atoms in total. The van der Waals surface area contributed by atoms with E-state index in [0.717, 1.165) is 11.7 Å². The third kappa shape index (κ3) is 2.38. The van der Waals surface area contributed by atoms with Gasteiger partial charge in [0.25, 0.3) is 0 Å². The highest BCUT2D eigenvalue weighted by Crippen LogP contribution is 2.40. The van der Waals surface area contributed by atoms with Crippen LogP contribution in [-0.2, 0) is 0 Å². The van der Waals surface area contributed by atoms with Gasteiger partial charge in [-0.2, -0.15) is 0 Å². The van der Waals surface area contributed by atoms with Gasteiger partial charge in [0.05, 0.1) is 5.88 Å². The molecule has 0 spiro atoms. The first-order valence-electron chi connectivity index (χ1n) is 4.69. The zero-order valence-electron chi connectivity index (χ0n) is 7.50. The van der Waals surface area contributed by atoms with Crippen LogP contribution in [-0.4, -0.2) is 12.5 Å². The summed E-state index contributed by atoms with van der Waals surface area (Å²) in [5, 5.41) is 0. The molecule has 0 aromatic heterocycles. The maximum Gasteiger partial charge on any atom is 0.119 e. The van der Waals surface area contributed by atoms with Crippen molar-refractivity contribution in [2.24, 2.45) is 0 Å². The maximum absolute atomic E-state index is 5.54. The summed E-state index contributed by atoms with van der Waals surface area (Å²) in [6.45, 7) is 0.593. The lowest BCUT2D eigenvalue weighted by atomic mass is 10.1. The summed E-state index contributed by atoms with van der Waals surface area (Å²) in [5.41, 5.74) is 1.41. The highest BCUT2D eigenvalue weighted by atomic mass is 35.5. The van der Waals surface area contributed by atoms with E-state index in [1.807, 2.05) is 6.07 Å². The molecule has 0 N–H and O–H groups in total. The number of halogens is 1. The van der Waals surface area contributed by atoms with Gasteiger partial charge in [-0.15, -0.1) is 11.6 Å². The van der Waals surface area contributed by atoms with Crippen LogP contribution in [0.1, 0.15) is 24.3 Å². The Morgan fingerprint density at radius 1 is 1.38 bits per heavy atom. The lowest BCUT2D eigenvalue weighted by Crippen LogP contribution is -1.98. The molecule has 0 atom stereocenters. The van der Waals surface area contributed by atoms with Crippen molar-refractivity contribution >= 4 is 11.6 Å². The molecule has 0 saturated heterocycles. The van der Waals surface area contributed by atoms with Crippen LogP contribution >= 0.6 is 11.6 Å². The van der Waals surface area contributed by atoms with E-state index in [1.54, 1.807) is 0 Å². The van der Waals surface area contributed by atoms with Gasteiger partial charge in [0, 0.05) is 0 Å². The Bertz CT molecular complexity index is 281. The molecule has 0 radical (unpaired) electrons. The first kappa shape index (κ1) is 8.89. The third-order valence-electron chi connectivity index (χ3n) is 2.25. The van der Waals surface area contributed by atoms with Gasteiger partial charge in [-0.1, -0.05) is 12.1 Å². The predicted octanol–water partition coefficient (Wildman–Crippen LogP) is 3.18. The van der Waals surface area contributed by atoms with Crippen molar-refractivity contribution in [1.82, 2.24) is 0 Å².